The van der Waals surface area contributed by atoms with Crippen molar-refractivity contribution in [2.24, 2.45) is 22.4 Å². The van der Waals surface area contributed by atoms with Crippen molar-refractivity contribution in [2.75, 3.05) is 19.6 Å². The van der Waals surface area contributed by atoms with Crippen LogP contribution in [-0.2, 0) is 0 Å². The Bertz CT molecular complexity index is 271. The van der Waals surface area contributed by atoms with Crippen LogP contribution in [0.15, 0.2) is 4.99 Å². The van der Waals surface area contributed by atoms with Gasteiger partial charge in [-0.3, -0.25) is 4.99 Å². The van der Waals surface area contributed by atoms with Gasteiger partial charge in [-0.2, -0.15) is 0 Å². The molecule has 0 saturated heterocycles. The maximum Gasteiger partial charge on any atom is 0.191 e. The lowest BCUT2D eigenvalue weighted by molar-refractivity contribution is 0.234. The molecule has 18 heavy (non-hydrogen) atoms. The lowest BCUT2D eigenvalue weighted by atomic mass is 9.88. The van der Waals surface area contributed by atoms with Gasteiger partial charge < -0.3 is 16.4 Å². The monoisotopic (exact) mass is 252 g/mol. The second-order valence-electron chi connectivity index (χ2n) is 5.79. The van der Waals surface area contributed by atoms with Crippen LogP contribution in [0.3, 0.4) is 0 Å². The molecule has 0 spiro atoms. The third-order valence-corrected chi connectivity index (χ3v) is 4.37. The van der Waals surface area contributed by atoms with Gasteiger partial charge in [-0.05, 0) is 38.1 Å². The highest BCUT2D eigenvalue weighted by molar-refractivity contribution is 5.80. The largest absolute Gasteiger partial charge is 0.370 e. The molecular weight excluding hydrogens is 224 g/mol. The fraction of sp³-hybridized carbons (Fsp3) is 0.929. The van der Waals surface area contributed by atoms with E-state index in [0.29, 0.717) is 6.04 Å². The molecule has 1 atom stereocenters. The average molecular weight is 252 g/mol. The smallest absolute Gasteiger partial charge is 0.191 e. The molecule has 0 amide bonds. The highest BCUT2D eigenvalue weighted by Crippen LogP contribution is 2.26. The maximum absolute atomic E-state index is 6.04. The minimum absolute atomic E-state index is 0.540. The summed E-state index contributed by atoms with van der Waals surface area (Å²) in [7, 11) is 0. The Hall–Kier alpha value is -0.770. The van der Waals surface area contributed by atoms with Crippen molar-refractivity contribution in [1.29, 1.82) is 0 Å². The molecule has 2 aliphatic rings. The zero-order valence-electron chi connectivity index (χ0n) is 11.5. The van der Waals surface area contributed by atoms with E-state index in [9.17, 15) is 0 Å². The summed E-state index contributed by atoms with van der Waals surface area (Å²) in [6.45, 7) is 2.82. The van der Waals surface area contributed by atoms with E-state index in [0.717, 1.165) is 37.9 Å². The van der Waals surface area contributed by atoms with Gasteiger partial charge in [0.2, 0.25) is 0 Å². The molecule has 1 aliphatic carbocycles. The zero-order chi connectivity index (χ0) is 12.8. The van der Waals surface area contributed by atoms with E-state index >= 15 is 0 Å². The van der Waals surface area contributed by atoms with E-state index in [2.05, 4.69) is 9.89 Å². The van der Waals surface area contributed by atoms with Gasteiger partial charge in [0.25, 0.3) is 0 Å². The molecule has 0 bridgehead atoms. The number of unbranched alkanes of at least 4 members (excludes halogenated alkanes) is 1. The topological polar surface area (TPSA) is 67.6 Å². The molecule has 1 heterocycles. The summed E-state index contributed by atoms with van der Waals surface area (Å²) in [5, 5.41) is 0. The van der Waals surface area contributed by atoms with Gasteiger partial charge in [-0.1, -0.05) is 25.7 Å². The second-order valence-corrected chi connectivity index (χ2v) is 5.79. The number of guanidine groups is 1. The van der Waals surface area contributed by atoms with Crippen molar-refractivity contribution in [3.63, 3.8) is 0 Å². The SMILES string of the molecule is NCCCC[C@H]1CN=C(N)N1CC1CCCCC1. The quantitative estimate of drug-likeness (QED) is 0.707. The Morgan fingerprint density at radius 1 is 1.17 bits per heavy atom. The first-order valence-electron chi connectivity index (χ1n) is 7.58. The van der Waals surface area contributed by atoms with Crippen molar-refractivity contribution in [3.05, 3.63) is 0 Å². The van der Waals surface area contributed by atoms with Crippen LogP contribution in [0.4, 0.5) is 0 Å². The molecule has 104 valence electrons. The lowest BCUT2D eigenvalue weighted by Crippen LogP contribution is -2.43. The number of nitrogens with zero attached hydrogens (tertiary/aromatic N) is 2. The number of hydrogen-bond acceptors (Lipinski definition) is 4. The minimum Gasteiger partial charge on any atom is -0.370 e. The van der Waals surface area contributed by atoms with Gasteiger partial charge in [0.05, 0.1) is 12.6 Å². The normalized spacial score (nSPS) is 25.5. The van der Waals surface area contributed by atoms with E-state index in [-0.39, 0.29) is 0 Å². The Balaban J connectivity index is 1.80. The van der Waals surface area contributed by atoms with Crippen LogP contribution in [0, 0.1) is 5.92 Å². The molecule has 2 rings (SSSR count). The van der Waals surface area contributed by atoms with E-state index < -0.39 is 0 Å². The maximum atomic E-state index is 6.04. The van der Waals surface area contributed by atoms with Crippen LogP contribution >= 0.6 is 0 Å². The van der Waals surface area contributed by atoms with Gasteiger partial charge in [0, 0.05) is 6.54 Å². The average Bonchev–Trinajstić information content (AvgIpc) is 2.73. The van der Waals surface area contributed by atoms with Crippen LogP contribution in [-0.4, -0.2) is 36.5 Å². The first-order valence-corrected chi connectivity index (χ1v) is 7.58. The standard InChI is InChI=1S/C14H28N4/c15-9-5-4-8-13-10-17-14(16)18(13)11-12-6-2-1-3-7-12/h12-13H,1-11,15H2,(H2,16,17)/t13-/m0/s1. The third-order valence-electron chi connectivity index (χ3n) is 4.37. The molecule has 0 aromatic carbocycles. The molecule has 0 aromatic heterocycles. The fourth-order valence-electron chi connectivity index (χ4n) is 3.24. The highest BCUT2D eigenvalue weighted by Gasteiger charge is 2.28. The predicted octanol–water partition coefficient (Wildman–Crippen LogP) is 1.69. The molecule has 4 N–H and O–H groups in total. The molecular formula is C14H28N4. The third kappa shape index (κ3) is 3.61. The van der Waals surface area contributed by atoms with Gasteiger partial charge >= 0.3 is 0 Å². The fourth-order valence-corrected chi connectivity index (χ4v) is 3.24. The van der Waals surface area contributed by atoms with Gasteiger partial charge in [-0.15, -0.1) is 0 Å². The van der Waals surface area contributed by atoms with Crippen molar-refractivity contribution in [1.82, 2.24) is 4.90 Å². The Morgan fingerprint density at radius 3 is 2.67 bits per heavy atom. The van der Waals surface area contributed by atoms with Crippen molar-refractivity contribution in [3.8, 4) is 0 Å². The van der Waals surface area contributed by atoms with Crippen LogP contribution < -0.4 is 11.5 Å². The first-order chi connectivity index (χ1) is 8.81. The molecule has 1 saturated carbocycles. The molecule has 1 fully saturated rings. The number of hydrogen-bond donors (Lipinski definition) is 2. The second kappa shape index (κ2) is 6.98. The molecule has 1 aliphatic heterocycles. The van der Waals surface area contributed by atoms with Gasteiger partial charge in [0.15, 0.2) is 5.96 Å². The van der Waals surface area contributed by atoms with Crippen molar-refractivity contribution >= 4 is 5.96 Å². The molecule has 4 nitrogen and oxygen atoms in total. The van der Waals surface area contributed by atoms with E-state index in [1.54, 1.807) is 0 Å². The molecule has 0 aromatic rings. The van der Waals surface area contributed by atoms with Crippen LogP contribution in [0.5, 0.6) is 0 Å². The zero-order valence-corrected chi connectivity index (χ0v) is 11.5. The van der Waals surface area contributed by atoms with Gasteiger partial charge in [0.1, 0.15) is 0 Å². The number of nitrogens with two attached hydrogens (primary N) is 2. The van der Waals surface area contributed by atoms with Crippen molar-refractivity contribution in [2.45, 2.75) is 57.4 Å². The van der Waals surface area contributed by atoms with Gasteiger partial charge in [-0.25, -0.2) is 0 Å². The summed E-state index contributed by atoms with van der Waals surface area (Å²) in [6, 6.07) is 0.540. The summed E-state index contributed by atoms with van der Waals surface area (Å²) in [5.41, 5.74) is 11.6. The molecule has 0 radical (unpaired) electrons. The van der Waals surface area contributed by atoms with Crippen LogP contribution in [0.2, 0.25) is 0 Å². The summed E-state index contributed by atoms with van der Waals surface area (Å²) >= 11 is 0. The minimum atomic E-state index is 0.540. The van der Waals surface area contributed by atoms with Crippen LogP contribution in [0.25, 0.3) is 0 Å². The van der Waals surface area contributed by atoms with E-state index in [1.165, 1.54) is 44.9 Å². The first kappa shape index (κ1) is 13.7. The predicted molar refractivity (Wildman–Crippen MR) is 76.5 cm³/mol. The summed E-state index contributed by atoms with van der Waals surface area (Å²) in [4.78, 5) is 6.80. The van der Waals surface area contributed by atoms with Crippen LogP contribution in [0.1, 0.15) is 51.4 Å². The van der Waals surface area contributed by atoms with E-state index in [4.69, 9.17) is 11.5 Å². The Morgan fingerprint density at radius 2 is 1.94 bits per heavy atom. The summed E-state index contributed by atoms with van der Waals surface area (Å²) in [5.74, 6) is 1.61. The summed E-state index contributed by atoms with van der Waals surface area (Å²) < 4.78 is 0. The Kier molecular flexibility index (Phi) is 5.29. The number of aliphatic imine (C=N–C) groups is 1. The summed E-state index contributed by atoms with van der Waals surface area (Å²) in [6.07, 6.45) is 10.5. The van der Waals surface area contributed by atoms with E-state index in [1.807, 2.05) is 0 Å². The molecule has 4 heteroatoms. The highest BCUT2D eigenvalue weighted by atomic mass is 15.3. The molecule has 0 unspecified atom stereocenters. The van der Waals surface area contributed by atoms with Crippen molar-refractivity contribution < 1.29 is 0 Å². The lowest BCUT2D eigenvalue weighted by Gasteiger charge is -2.32. The number of rotatable bonds is 6. The Labute approximate surface area is 111 Å².